The minimum atomic E-state index is -3.78. The smallest absolute Gasteiger partial charge is 0.264 e. The van der Waals surface area contributed by atoms with Crippen molar-refractivity contribution in [1.82, 2.24) is 15.3 Å². The molecule has 11 heteroatoms. The number of amides is 1. The summed E-state index contributed by atoms with van der Waals surface area (Å²) in [6.45, 7) is 3.95. The van der Waals surface area contributed by atoms with Crippen LogP contribution >= 0.6 is 0 Å². The Morgan fingerprint density at radius 1 is 1.31 bits per heavy atom. The maximum absolute atomic E-state index is 14.9. The Kier molecular flexibility index (Phi) is 8.83. The summed E-state index contributed by atoms with van der Waals surface area (Å²) in [7, 11) is -0.173. The Morgan fingerprint density at radius 3 is 2.69 bits per heavy atom. The van der Waals surface area contributed by atoms with Gasteiger partial charge in [-0.05, 0) is 49.2 Å². The van der Waals surface area contributed by atoms with Gasteiger partial charge in [-0.15, -0.1) is 0 Å². The first-order valence-corrected chi connectivity index (χ1v) is 13.4. The van der Waals surface area contributed by atoms with Gasteiger partial charge >= 0.3 is 0 Å². The van der Waals surface area contributed by atoms with E-state index in [0.717, 1.165) is 23.9 Å². The highest BCUT2D eigenvalue weighted by molar-refractivity contribution is 7.92. The number of rotatable bonds is 11. The lowest BCUT2D eigenvalue weighted by molar-refractivity contribution is -0.131. The molecule has 0 spiro atoms. The molecule has 1 aliphatic rings. The minimum Gasteiger partial charge on any atom is -0.383 e. The molecule has 1 heterocycles. The predicted octanol–water partition coefficient (Wildman–Crippen LogP) is 2.75. The number of halogens is 1. The first-order valence-electron chi connectivity index (χ1n) is 11.5. The monoisotopic (exact) mass is 520 g/mol. The van der Waals surface area contributed by atoms with Crippen molar-refractivity contribution in [3.05, 3.63) is 53.3 Å². The molecular formula is C25H33FN4O5S. The quantitative estimate of drug-likeness (QED) is 0.346. The predicted molar refractivity (Wildman–Crippen MR) is 136 cm³/mol. The topological polar surface area (TPSA) is 112 Å². The molecule has 0 bridgehead atoms. The zero-order valence-corrected chi connectivity index (χ0v) is 21.8. The fourth-order valence-corrected chi connectivity index (χ4v) is 4.84. The normalized spacial score (nSPS) is 15.0. The molecule has 0 unspecified atom stereocenters. The van der Waals surface area contributed by atoms with Gasteiger partial charge < -0.3 is 9.64 Å². The van der Waals surface area contributed by atoms with Crippen LogP contribution in [0.4, 0.5) is 10.1 Å². The third kappa shape index (κ3) is 6.28. The number of aliphatic imine (C=N–C) groups is 1. The van der Waals surface area contributed by atoms with Gasteiger partial charge in [0, 0.05) is 45.1 Å². The molecule has 2 aromatic carbocycles. The molecule has 0 fully saturated rings. The van der Waals surface area contributed by atoms with Crippen molar-refractivity contribution < 1.29 is 27.5 Å². The number of hydrogen-bond donors (Lipinski definition) is 2. The maximum Gasteiger partial charge on any atom is 0.264 e. The minimum absolute atomic E-state index is 0.0319. The number of methoxy groups -OCH3 is 1. The lowest BCUT2D eigenvalue weighted by Gasteiger charge is -2.30. The summed E-state index contributed by atoms with van der Waals surface area (Å²) in [6, 6.07) is 10.8. The molecule has 2 aromatic rings. The van der Waals surface area contributed by atoms with E-state index in [4.69, 9.17) is 9.94 Å². The average molecular weight is 521 g/mol. The fourth-order valence-electron chi connectivity index (χ4n) is 4.00. The average Bonchev–Trinajstić information content (AvgIpc) is 2.84. The van der Waals surface area contributed by atoms with E-state index >= 15 is 0 Å². The van der Waals surface area contributed by atoms with Crippen LogP contribution < -0.4 is 5.48 Å². The second-order valence-corrected chi connectivity index (χ2v) is 11.7. The molecule has 0 aromatic heterocycles. The lowest BCUT2D eigenvalue weighted by Crippen LogP contribution is -2.50. The Balaban J connectivity index is 1.71. The van der Waals surface area contributed by atoms with Crippen molar-refractivity contribution in [1.29, 1.82) is 0 Å². The van der Waals surface area contributed by atoms with Crippen molar-refractivity contribution in [3.63, 3.8) is 0 Å². The van der Waals surface area contributed by atoms with E-state index in [1.807, 2.05) is 31.3 Å². The third-order valence-corrected chi connectivity index (χ3v) is 8.60. The van der Waals surface area contributed by atoms with Crippen LogP contribution in [-0.4, -0.2) is 80.5 Å². The number of benzene rings is 2. The Hall–Kier alpha value is -2.86. The van der Waals surface area contributed by atoms with Gasteiger partial charge in [0.1, 0.15) is 5.82 Å². The van der Waals surface area contributed by atoms with Crippen LogP contribution in [0, 0.1) is 5.82 Å². The fraction of sp³-hybridized carbons (Fsp3) is 0.440. The third-order valence-electron chi connectivity index (χ3n) is 6.57. The Labute approximate surface area is 211 Å². The highest BCUT2D eigenvalue weighted by atomic mass is 32.2. The van der Waals surface area contributed by atoms with E-state index in [-0.39, 0.29) is 18.8 Å². The van der Waals surface area contributed by atoms with Gasteiger partial charge in [0.2, 0.25) is 0 Å². The van der Waals surface area contributed by atoms with Gasteiger partial charge in [-0.25, -0.2) is 23.3 Å². The molecule has 3 rings (SSSR count). The second-order valence-electron chi connectivity index (χ2n) is 9.30. The summed E-state index contributed by atoms with van der Waals surface area (Å²) in [6.07, 6.45) is 2.52. The summed E-state index contributed by atoms with van der Waals surface area (Å²) in [4.78, 5) is 20.4. The van der Waals surface area contributed by atoms with Crippen LogP contribution in [0.2, 0.25) is 0 Å². The van der Waals surface area contributed by atoms with E-state index in [0.29, 0.717) is 36.5 Å². The molecule has 36 heavy (non-hydrogen) atoms. The number of nitrogens with one attached hydrogen (secondary N) is 1. The first kappa shape index (κ1) is 27.7. The van der Waals surface area contributed by atoms with E-state index in [1.165, 1.54) is 12.4 Å². The number of likely N-dealkylation sites (N-methyl/N-ethyl adjacent to an activating group) is 1. The summed E-state index contributed by atoms with van der Waals surface area (Å²) in [5.41, 5.74) is 5.11. The molecule has 196 valence electrons. The SMILES string of the molecule is COCCN(C)Cc1ccc(-c2ccc3c(c2)N=CN(CC[C@](C)(C(=O)NO)S(C)(=O)=O)C3)c(F)c1. The van der Waals surface area contributed by atoms with E-state index in [1.54, 1.807) is 30.5 Å². The van der Waals surface area contributed by atoms with Crippen LogP contribution in [0.1, 0.15) is 24.5 Å². The van der Waals surface area contributed by atoms with E-state index < -0.39 is 20.5 Å². The summed E-state index contributed by atoms with van der Waals surface area (Å²) in [5.74, 6) is -1.28. The van der Waals surface area contributed by atoms with Crippen molar-refractivity contribution >= 4 is 27.8 Å². The number of hydroxylamine groups is 1. The molecule has 0 saturated heterocycles. The summed E-state index contributed by atoms with van der Waals surface area (Å²) < 4.78 is 42.6. The van der Waals surface area contributed by atoms with E-state index in [2.05, 4.69) is 9.89 Å². The highest BCUT2D eigenvalue weighted by Crippen LogP contribution is 2.32. The molecule has 1 aliphatic heterocycles. The molecule has 0 saturated carbocycles. The second kappa shape index (κ2) is 11.5. The maximum atomic E-state index is 14.9. The van der Waals surface area contributed by atoms with Crippen LogP contribution in [0.5, 0.6) is 0 Å². The van der Waals surface area contributed by atoms with Crippen molar-refractivity contribution in [2.75, 3.05) is 40.1 Å². The van der Waals surface area contributed by atoms with E-state index in [9.17, 15) is 17.6 Å². The zero-order valence-electron chi connectivity index (χ0n) is 21.0. The van der Waals surface area contributed by atoms with Gasteiger partial charge in [0.05, 0.1) is 18.6 Å². The standard InChI is InChI=1S/C25H33FN4O5S/c1-25(24(31)28-32,36(4,33)34)9-10-30-16-20-7-6-19(14-23(20)27-17-30)21-8-5-18(13-22(21)26)15-29(2)11-12-35-3/h5-8,13-14,17,32H,9-12,15-16H2,1-4H3,(H,28,31)/t25-/m1/s1. The van der Waals surface area contributed by atoms with Crippen molar-refractivity contribution in [2.45, 2.75) is 31.2 Å². The highest BCUT2D eigenvalue weighted by Gasteiger charge is 2.43. The van der Waals surface area contributed by atoms with Crippen molar-refractivity contribution in [3.8, 4) is 11.1 Å². The van der Waals surface area contributed by atoms with Crippen LogP contribution in [0.15, 0.2) is 41.4 Å². The summed E-state index contributed by atoms with van der Waals surface area (Å²) >= 11 is 0. The molecule has 0 radical (unpaired) electrons. The molecule has 9 nitrogen and oxygen atoms in total. The molecule has 0 aliphatic carbocycles. The van der Waals surface area contributed by atoms with Gasteiger partial charge in [-0.3, -0.25) is 14.9 Å². The number of carbonyl (C=O) groups is 1. The number of ether oxygens (including phenoxy) is 1. The van der Waals surface area contributed by atoms with Gasteiger partial charge in [-0.2, -0.15) is 0 Å². The van der Waals surface area contributed by atoms with Gasteiger partial charge in [0.25, 0.3) is 5.91 Å². The van der Waals surface area contributed by atoms with Gasteiger partial charge in [0.15, 0.2) is 14.6 Å². The molecular weight excluding hydrogens is 487 g/mol. The first-order chi connectivity index (χ1) is 17.0. The molecule has 1 amide bonds. The van der Waals surface area contributed by atoms with Gasteiger partial charge in [-0.1, -0.05) is 24.3 Å². The van der Waals surface area contributed by atoms with Crippen LogP contribution in [0.25, 0.3) is 11.1 Å². The number of sulfone groups is 1. The zero-order chi connectivity index (χ0) is 26.5. The number of fused-ring (bicyclic) bond motifs is 1. The number of nitrogens with zero attached hydrogens (tertiary/aromatic N) is 3. The number of hydrogen-bond acceptors (Lipinski definition) is 8. The number of carbonyl (C=O) groups excluding carboxylic acids is 1. The summed E-state index contributed by atoms with van der Waals surface area (Å²) in [5, 5.41) is 8.99. The lowest BCUT2D eigenvalue weighted by atomic mass is 9.99. The van der Waals surface area contributed by atoms with Crippen LogP contribution in [0.3, 0.4) is 0 Å². The van der Waals surface area contributed by atoms with Crippen LogP contribution in [-0.2, 0) is 32.5 Å². The van der Waals surface area contributed by atoms with Crippen molar-refractivity contribution in [2.24, 2.45) is 4.99 Å². The molecule has 1 atom stereocenters. The Bertz CT molecular complexity index is 1240. The Morgan fingerprint density at radius 2 is 2.06 bits per heavy atom. The molecule has 2 N–H and O–H groups in total. The largest absolute Gasteiger partial charge is 0.383 e.